The van der Waals surface area contributed by atoms with E-state index in [-0.39, 0.29) is 0 Å². The Morgan fingerprint density at radius 2 is 1.83 bits per heavy atom. The van der Waals surface area contributed by atoms with Gasteiger partial charge in [-0.3, -0.25) is 0 Å². The van der Waals surface area contributed by atoms with Crippen LogP contribution < -0.4 is 4.74 Å². The lowest BCUT2D eigenvalue weighted by Gasteiger charge is -2.15. The number of aliphatic hydroxyl groups excluding tert-OH is 1. The van der Waals surface area contributed by atoms with Gasteiger partial charge in [0.1, 0.15) is 11.9 Å². The van der Waals surface area contributed by atoms with Crippen molar-refractivity contribution in [3.8, 4) is 5.75 Å². The number of hydrogen-bond acceptors (Lipinski definition) is 3. The van der Waals surface area contributed by atoms with Crippen LogP contribution in [-0.2, 0) is 4.74 Å². The molecule has 3 nitrogen and oxygen atoms in total. The minimum Gasteiger partial charge on any atom is -0.497 e. The lowest BCUT2D eigenvalue weighted by molar-refractivity contribution is 0.0215. The molecule has 0 bridgehead atoms. The van der Waals surface area contributed by atoms with Crippen LogP contribution in [0.4, 0.5) is 0 Å². The molecule has 0 saturated carbocycles. The van der Waals surface area contributed by atoms with E-state index in [1.807, 2.05) is 24.3 Å². The Balaban J connectivity index is 2.33. The highest BCUT2D eigenvalue weighted by atomic mass is 16.5. The summed E-state index contributed by atoms with van der Waals surface area (Å²) < 4.78 is 10.6. The summed E-state index contributed by atoms with van der Waals surface area (Å²) in [5, 5.41) is 9.96. The van der Waals surface area contributed by atoms with Crippen LogP contribution in [0.25, 0.3) is 0 Å². The summed E-state index contributed by atoms with van der Waals surface area (Å²) in [7, 11) is 1.63. The Hall–Kier alpha value is -1.06. The minimum atomic E-state index is -0.565. The highest BCUT2D eigenvalue weighted by Gasteiger charge is 2.09. The molecule has 0 aliphatic heterocycles. The topological polar surface area (TPSA) is 38.7 Å². The van der Waals surface area contributed by atoms with Crippen molar-refractivity contribution in [3.05, 3.63) is 29.8 Å². The van der Waals surface area contributed by atoms with Crippen molar-refractivity contribution in [1.29, 1.82) is 0 Å². The summed E-state index contributed by atoms with van der Waals surface area (Å²) in [6, 6.07) is 7.42. The molecule has 3 heteroatoms. The molecule has 1 N–H and O–H groups in total. The van der Waals surface area contributed by atoms with Crippen molar-refractivity contribution in [2.75, 3.05) is 20.3 Å². The zero-order chi connectivity index (χ0) is 13.4. The van der Waals surface area contributed by atoms with Crippen molar-refractivity contribution < 1.29 is 14.6 Å². The highest BCUT2D eigenvalue weighted by molar-refractivity contribution is 5.28. The molecule has 0 radical (unpaired) electrons. The molecular formula is C15H24O3. The number of hydrogen-bond donors (Lipinski definition) is 1. The second kappa shape index (κ2) is 8.11. The van der Waals surface area contributed by atoms with Gasteiger partial charge < -0.3 is 14.6 Å². The number of benzene rings is 1. The first-order valence-electron chi connectivity index (χ1n) is 6.57. The summed E-state index contributed by atoms with van der Waals surface area (Å²) in [6.07, 6.45) is 1.77. The van der Waals surface area contributed by atoms with E-state index in [1.165, 1.54) is 12.8 Å². The van der Waals surface area contributed by atoms with Crippen LogP contribution in [0, 0.1) is 5.92 Å². The minimum absolute atomic E-state index is 0.348. The average molecular weight is 252 g/mol. The maximum atomic E-state index is 9.96. The largest absolute Gasteiger partial charge is 0.497 e. The molecule has 0 spiro atoms. The van der Waals surface area contributed by atoms with Crippen molar-refractivity contribution in [2.24, 2.45) is 5.92 Å². The SMILES string of the molecule is CCCC(C)COCC(O)c1ccc(OC)cc1. The maximum absolute atomic E-state index is 9.96. The lowest BCUT2D eigenvalue weighted by Crippen LogP contribution is -2.12. The van der Waals surface area contributed by atoms with Crippen molar-refractivity contribution in [1.82, 2.24) is 0 Å². The molecule has 0 saturated heterocycles. The highest BCUT2D eigenvalue weighted by Crippen LogP contribution is 2.18. The monoisotopic (exact) mass is 252 g/mol. The average Bonchev–Trinajstić information content (AvgIpc) is 2.39. The summed E-state index contributed by atoms with van der Waals surface area (Å²) in [4.78, 5) is 0. The second-order valence-electron chi connectivity index (χ2n) is 4.72. The Morgan fingerprint density at radius 3 is 2.39 bits per heavy atom. The zero-order valence-electron chi connectivity index (χ0n) is 11.6. The molecule has 2 unspecified atom stereocenters. The van der Waals surface area contributed by atoms with Crippen LogP contribution in [0.3, 0.4) is 0 Å². The van der Waals surface area contributed by atoms with Gasteiger partial charge in [0, 0.05) is 6.61 Å². The molecule has 102 valence electrons. The van der Waals surface area contributed by atoms with E-state index in [0.717, 1.165) is 11.3 Å². The number of rotatable bonds is 8. The second-order valence-corrected chi connectivity index (χ2v) is 4.72. The molecule has 0 fully saturated rings. The fourth-order valence-electron chi connectivity index (χ4n) is 1.88. The standard InChI is InChI=1S/C15H24O3/c1-4-5-12(2)10-18-11-15(16)13-6-8-14(17-3)9-7-13/h6-9,12,15-16H,4-5,10-11H2,1-3H3. The van der Waals surface area contributed by atoms with Crippen LogP contribution in [0.2, 0.25) is 0 Å². The molecule has 0 aliphatic rings. The van der Waals surface area contributed by atoms with Gasteiger partial charge in [-0.25, -0.2) is 0 Å². The van der Waals surface area contributed by atoms with Crippen molar-refractivity contribution >= 4 is 0 Å². The first-order chi connectivity index (χ1) is 8.67. The molecule has 0 amide bonds. The van der Waals surface area contributed by atoms with Gasteiger partial charge in [-0.15, -0.1) is 0 Å². The van der Waals surface area contributed by atoms with Gasteiger partial charge in [0.2, 0.25) is 0 Å². The third-order valence-electron chi connectivity index (χ3n) is 2.96. The van der Waals surface area contributed by atoms with Gasteiger partial charge in [0.05, 0.1) is 13.7 Å². The van der Waals surface area contributed by atoms with Gasteiger partial charge in [-0.1, -0.05) is 32.4 Å². The van der Waals surface area contributed by atoms with Crippen LogP contribution in [0.5, 0.6) is 5.75 Å². The van der Waals surface area contributed by atoms with Gasteiger partial charge in [0.15, 0.2) is 0 Å². The normalized spacial score (nSPS) is 14.2. The van der Waals surface area contributed by atoms with Gasteiger partial charge in [0.25, 0.3) is 0 Å². The number of ether oxygens (including phenoxy) is 2. The molecule has 1 aromatic rings. The van der Waals surface area contributed by atoms with Gasteiger partial charge >= 0.3 is 0 Å². The van der Waals surface area contributed by atoms with Crippen LogP contribution in [0.15, 0.2) is 24.3 Å². The van der Waals surface area contributed by atoms with E-state index in [4.69, 9.17) is 9.47 Å². The third kappa shape index (κ3) is 5.07. The zero-order valence-corrected chi connectivity index (χ0v) is 11.6. The quantitative estimate of drug-likeness (QED) is 0.772. The summed E-state index contributed by atoms with van der Waals surface area (Å²) in [5.41, 5.74) is 0.860. The lowest BCUT2D eigenvalue weighted by atomic mass is 10.1. The fourth-order valence-corrected chi connectivity index (χ4v) is 1.88. The molecular weight excluding hydrogens is 228 g/mol. The van der Waals surface area contributed by atoms with Crippen LogP contribution in [-0.4, -0.2) is 25.4 Å². The van der Waals surface area contributed by atoms with E-state index >= 15 is 0 Å². The van der Waals surface area contributed by atoms with Gasteiger partial charge in [-0.2, -0.15) is 0 Å². The smallest absolute Gasteiger partial charge is 0.118 e. The maximum Gasteiger partial charge on any atom is 0.118 e. The first-order valence-corrected chi connectivity index (χ1v) is 6.57. The fraction of sp³-hybridized carbons (Fsp3) is 0.600. The van der Waals surface area contributed by atoms with E-state index in [9.17, 15) is 5.11 Å². The predicted molar refractivity (Wildman–Crippen MR) is 72.8 cm³/mol. The molecule has 2 atom stereocenters. The van der Waals surface area contributed by atoms with Crippen LogP contribution in [0.1, 0.15) is 38.4 Å². The van der Waals surface area contributed by atoms with E-state index in [2.05, 4.69) is 13.8 Å². The molecule has 1 rings (SSSR count). The Morgan fingerprint density at radius 1 is 1.17 bits per heavy atom. The van der Waals surface area contributed by atoms with E-state index in [1.54, 1.807) is 7.11 Å². The summed E-state index contributed by atoms with van der Waals surface area (Å²) in [6.45, 7) is 5.40. The molecule has 18 heavy (non-hydrogen) atoms. The predicted octanol–water partition coefficient (Wildman–Crippen LogP) is 3.18. The number of methoxy groups -OCH3 is 1. The third-order valence-corrected chi connectivity index (χ3v) is 2.96. The first kappa shape index (κ1) is 15.0. The van der Waals surface area contributed by atoms with Crippen LogP contribution >= 0.6 is 0 Å². The number of aliphatic hydroxyl groups is 1. The Kier molecular flexibility index (Phi) is 6.76. The molecule has 1 aromatic carbocycles. The van der Waals surface area contributed by atoms with E-state index in [0.29, 0.717) is 19.1 Å². The van der Waals surface area contributed by atoms with Crippen molar-refractivity contribution in [2.45, 2.75) is 32.8 Å². The summed E-state index contributed by atoms with van der Waals surface area (Å²) in [5.74, 6) is 1.35. The van der Waals surface area contributed by atoms with Crippen molar-refractivity contribution in [3.63, 3.8) is 0 Å². The summed E-state index contributed by atoms with van der Waals surface area (Å²) >= 11 is 0. The molecule has 0 aromatic heterocycles. The Labute approximate surface area is 110 Å². The molecule has 0 heterocycles. The molecule has 0 aliphatic carbocycles. The Bertz CT molecular complexity index is 321. The van der Waals surface area contributed by atoms with E-state index < -0.39 is 6.10 Å². The van der Waals surface area contributed by atoms with Gasteiger partial charge in [-0.05, 0) is 30.0 Å².